The maximum atomic E-state index is 6.09. The maximum absolute atomic E-state index is 6.09. The molecule has 0 bridgehead atoms. The first-order chi connectivity index (χ1) is 17.5. The summed E-state index contributed by atoms with van der Waals surface area (Å²) in [5.74, 6) is 0. The van der Waals surface area contributed by atoms with Gasteiger partial charge in [0.1, 0.15) is 0 Å². The Morgan fingerprint density at radius 1 is 0.722 bits per heavy atom. The lowest BCUT2D eigenvalue weighted by molar-refractivity contribution is 0.665. The van der Waals surface area contributed by atoms with Crippen molar-refractivity contribution in [2.75, 3.05) is 0 Å². The molecule has 5 aromatic rings. The lowest BCUT2D eigenvalue weighted by atomic mass is 10.0. The smallest absolute Gasteiger partial charge is 0.0711 e. The molecule has 0 unspecified atom stereocenters. The van der Waals surface area contributed by atoms with E-state index in [1.165, 1.54) is 0 Å². The average Bonchev–Trinajstić information content (AvgIpc) is 2.91. The third-order valence-electron chi connectivity index (χ3n) is 6.86. The summed E-state index contributed by atoms with van der Waals surface area (Å²) < 4.78 is 4.38. The summed E-state index contributed by atoms with van der Waals surface area (Å²) in [6, 6.07) is 33.8. The molecular formula is C33H31N3. The van der Waals surface area contributed by atoms with Gasteiger partial charge in [0, 0.05) is 30.6 Å². The molecule has 0 aliphatic rings. The molecule has 178 valence electrons. The zero-order valence-electron chi connectivity index (χ0n) is 20.9. The predicted molar refractivity (Wildman–Crippen MR) is 155 cm³/mol. The second kappa shape index (κ2) is 9.73. The van der Waals surface area contributed by atoms with E-state index < -0.39 is 0 Å². The second-order valence-electron chi connectivity index (χ2n) is 9.13. The second-order valence-corrected chi connectivity index (χ2v) is 9.13. The van der Waals surface area contributed by atoms with E-state index in [4.69, 9.17) is 5.73 Å². The summed E-state index contributed by atoms with van der Waals surface area (Å²) in [6.07, 6.45) is 2.11. The molecular weight excluding hydrogens is 438 g/mol. The van der Waals surface area contributed by atoms with Crippen LogP contribution in [0, 0.1) is 6.92 Å². The van der Waals surface area contributed by atoms with Gasteiger partial charge in [-0.1, -0.05) is 92.0 Å². The van der Waals surface area contributed by atoms with Crippen molar-refractivity contribution in [2.24, 2.45) is 12.8 Å². The molecule has 0 aliphatic heterocycles. The highest BCUT2D eigenvalue weighted by Crippen LogP contribution is 2.27. The minimum atomic E-state index is 0.495. The van der Waals surface area contributed by atoms with E-state index in [2.05, 4.69) is 140 Å². The third kappa shape index (κ3) is 4.15. The zero-order chi connectivity index (χ0) is 25.2. The van der Waals surface area contributed by atoms with E-state index in [-0.39, 0.29) is 0 Å². The lowest BCUT2D eigenvalue weighted by Crippen LogP contribution is -2.13. The number of hydrogen-bond donors (Lipinski definition) is 1. The molecule has 0 radical (unpaired) electrons. The van der Waals surface area contributed by atoms with Crippen LogP contribution >= 0.6 is 0 Å². The molecule has 5 rings (SSSR count). The normalized spacial score (nSPS) is 11.0. The predicted octanol–water partition coefficient (Wildman–Crippen LogP) is 6.11. The highest BCUT2D eigenvalue weighted by Gasteiger charge is 2.09. The quantitative estimate of drug-likeness (QED) is 0.333. The van der Waals surface area contributed by atoms with Crippen LogP contribution < -0.4 is 16.2 Å². The molecule has 2 N–H and O–H groups in total. The van der Waals surface area contributed by atoms with Crippen LogP contribution in [-0.2, 0) is 13.6 Å². The first kappa shape index (κ1) is 23.4. The van der Waals surface area contributed by atoms with E-state index >= 15 is 0 Å². The summed E-state index contributed by atoms with van der Waals surface area (Å²) in [6.45, 7) is 11.5. The minimum Gasteiger partial charge on any atom is -0.326 e. The largest absolute Gasteiger partial charge is 0.326 e. The van der Waals surface area contributed by atoms with Gasteiger partial charge in [-0.05, 0) is 62.8 Å². The highest BCUT2D eigenvalue weighted by atomic mass is 15.4. The van der Waals surface area contributed by atoms with Gasteiger partial charge in [0.05, 0.1) is 11.2 Å². The van der Waals surface area contributed by atoms with Crippen molar-refractivity contribution in [3.05, 3.63) is 125 Å². The van der Waals surface area contributed by atoms with E-state index in [0.29, 0.717) is 6.54 Å². The zero-order valence-corrected chi connectivity index (χ0v) is 20.9. The molecule has 3 nitrogen and oxygen atoms in total. The summed E-state index contributed by atoms with van der Waals surface area (Å²) in [5, 5.41) is 7.53. The van der Waals surface area contributed by atoms with Crippen LogP contribution in [0.5, 0.6) is 0 Å². The van der Waals surface area contributed by atoms with Crippen molar-refractivity contribution in [3.8, 4) is 5.69 Å². The lowest BCUT2D eigenvalue weighted by Gasteiger charge is -2.18. The van der Waals surface area contributed by atoms with Gasteiger partial charge in [-0.15, -0.1) is 0 Å². The fourth-order valence-corrected chi connectivity index (χ4v) is 4.92. The SMILES string of the molecule is C=c1c(C)cc(=C)c2ccccc2n(-c2ccc(CN)c3ccccc23)n(C)ccc2ccccc12. The van der Waals surface area contributed by atoms with Gasteiger partial charge in [-0.2, -0.15) is 0 Å². The molecule has 0 fully saturated rings. The van der Waals surface area contributed by atoms with Crippen molar-refractivity contribution in [1.29, 1.82) is 0 Å². The molecule has 4 aromatic carbocycles. The van der Waals surface area contributed by atoms with Gasteiger partial charge >= 0.3 is 0 Å². The molecule has 1 heterocycles. The fourth-order valence-electron chi connectivity index (χ4n) is 4.92. The molecule has 0 amide bonds. The molecule has 0 saturated heterocycles. The van der Waals surface area contributed by atoms with Crippen molar-refractivity contribution < 1.29 is 0 Å². The molecule has 3 heteroatoms. The van der Waals surface area contributed by atoms with Crippen LogP contribution in [0.4, 0.5) is 0 Å². The van der Waals surface area contributed by atoms with Gasteiger partial charge in [-0.25, -0.2) is 0 Å². The third-order valence-corrected chi connectivity index (χ3v) is 6.86. The van der Waals surface area contributed by atoms with Gasteiger partial charge in [-0.3, -0.25) is 9.36 Å². The monoisotopic (exact) mass is 469 g/mol. The van der Waals surface area contributed by atoms with E-state index in [1.807, 2.05) is 0 Å². The van der Waals surface area contributed by atoms with Gasteiger partial charge < -0.3 is 5.73 Å². The Balaban J connectivity index is 2.07. The number of fused-ring (bicyclic) bond motifs is 3. The Bertz CT molecular complexity index is 1840. The van der Waals surface area contributed by atoms with Crippen LogP contribution in [0.2, 0.25) is 0 Å². The molecule has 1 aromatic heterocycles. The Hall–Kier alpha value is -4.34. The number of para-hydroxylation sites is 1. The molecule has 0 aliphatic carbocycles. The van der Waals surface area contributed by atoms with Crippen molar-refractivity contribution >= 4 is 45.6 Å². The Morgan fingerprint density at radius 2 is 1.36 bits per heavy atom. The number of rotatable bonds is 2. The molecule has 0 saturated carbocycles. The number of nitrogens with two attached hydrogens (primary N) is 1. The number of benzene rings is 4. The van der Waals surface area contributed by atoms with Gasteiger partial charge in [0.2, 0.25) is 0 Å². The van der Waals surface area contributed by atoms with Gasteiger partial charge in [0.25, 0.3) is 0 Å². The standard InChI is InChI=1S/C33H31N3/c1-23-21-24(2)28-12-9-10-16-32(28)36(33-18-17-27(22-34)30-14-7-8-15-31(30)33)35(4)20-19-26-11-5-6-13-29(26)25(23)3/h5-21H,2-3,22,34H2,1,4H3. The Morgan fingerprint density at radius 3 is 2.11 bits per heavy atom. The first-order valence-electron chi connectivity index (χ1n) is 12.2. The fraction of sp³-hybridized carbons (Fsp3) is 0.0909. The number of nitrogens with zero attached hydrogens (tertiary/aromatic N) is 2. The van der Waals surface area contributed by atoms with E-state index in [1.54, 1.807) is 0 Å². The number of aryl methyl sites for hydroxylation is 2. The maximum Gasteiger partial charge on any atom is 0.0711 e. The summed E-state index contributed by atoms with van der Waals surface area (Å²) >= 11 is 0. The summed E-state index contributed by atoms with van der Waals surface area (Å²) in [4.78, 5) is 0. The van der Waals surface area contributed by atoms with Crippen LogP contribution in [-0.4, -0.2) is 9.36 Å². The Kier molecular flexibility index (Phi) is 6.32. The molecule has 0 atom stereocenters. The van der Waals surface area contributed by atoms with E-state index in [9.17, 15) is 0 Å². The van der Waals surface area contributed by atoms with Crippen LogP contribution in [0.1, 0.15) is 11.1 Å². The molecule has 0 spiro atoms. The van der Waals surface area contributed by atoms with Crippen LogP contribution in [0.15, 0.2) is 103 Å². The van der Waals surface area contributed by atoms with Crippen molar-refractivity contribution in [2.45, 2.75) is 13.5 Å². The Labute approximate surface area is 211 Å². The topological polar surface area (TPSA) is 35.9 Å². The summed E-state index contributed by atoms with van der Waals surface area (Å²) in [5.41, 5.74) is 10.4. The number of hydrogen-bond acceptors (Lipinski definition) is 1. The summed E-state index contributed by atoms with van der Waals surface area (Å²) in [7, 11) is 2.08. The highest BCUT2D eigenvalue weighted by molar-refractivity contribution is 5.94. The minimum absolute atomic E-state index is 0.495. The van der Waals surface area contributed by atoms with Crippen LogP contribution in [0.25, 0.3) is 51.3 Å². The first-order valence-corrected chi connectivity index (χ1v) is 12.2. The van der Waals surface area contributed by atoms with Crippen molar-refractivity contribution in [1.82, 2.24) is 9.36 Å². The average molecular weight is 470 g/mol. The van der Waals surface area contributed by atoms with Crippen LogP contribution in [0.3, 0.4) is 0 Å². The number of aromatic nitrogens is 2. The van der Waals surface area contributed by atoms with Gasteiger partial charge in [0.15, 0.2) is 0 Å². The van der Waals surface area contributed by atoms with E-state index in [0.717, 1.165) is 59.7 Å². The molecule has 36 heavy (non-hydrogen) atoms. The van der Waals surface area contributed by atoms with Crippen molar-refractivity contribution in [3.63, 3.8) is 0 Å².